The SMILES string of the molecule is O=C1NC2(CS1)OOC2=O. The molecule has 2 aliphatic heterocycles. The van der Waals surface area contributed by atoms with Crippen LogP contribution < -0.4 is 5.32 Å². The van der Waals surface area contributed by atoms with Gasteiger partial charge in [0.2, 0.25) is 0 Å². The molecule has 0 aromatic rings. The average Bonchev–Trinajstić information content (AvgIpc) is 2.31. The summed E-state index contributed by atoms with van der Waals surface area (Å²) in [5.41, 5.74) is -1.15. The molecular formula is C4H3NO4S. The molecule has 2 rings (SSSR count). The topological polar surface area (TPSA) is 64.6 Å². The predicted molar refractivity (Wildman–Crippen MR) is 30.9 cm³/mol. The average molecular weight is 161 g/mol. The highest BCUT2D eigenvalue weighted by Crippen LogP contribution is 2.31. The first-order valence-electron chi connectivity index (χ1n) is 2.58. The molecule has 1 unspecified atom stereocenters. The number of rotatable bonds is 0. The lowest BCUT2D eigenvalue weighted by molar-refractivity contribution is -0.398. The monoisotopic (exact) mass is 161 g/mol. The van der Waals surface area contributed by atoms with Crippen LogP contribution in [0.4, 0.5) is 4.79 Å². The summed E-state index contributed by atoms with van der Waals surface area (Å²) in [7, 11) is 0. The maximum Gasteiger partial charge on any atom is 0.399 e. The lowest BCUT2D eigenvalue weighted by Gasteiger charge is -2.30. The Balaban J connectivity index is 2.18. The Hall–Kier alpha value is -0.750. The fourth-order valence-electron chi connectivity index (χ4n) is 0.735. The molecule has 1 spiro atoms. The van der Waals surface area contributed by atoms with Crippen molar-refractivity contribution in [3.8, 4) is 0 Å². The van der Waals surface area contributed by atoms with Gasteiger partial charge in [0.25, 0.3) is 11.0 Å². The van der Waals surface area contributed by atoms with E-state index in [1.54, 1.807) is 0 Å². The Morgan fingerprint density at radius 3 is 2.60 bits per heavy atom. The van der Waals surface area contributed by atoms with Crippen molar-refractivity contribution in [3.63, 3.8) is 0 Å². The van der Waals surface area contributed by atoms with Crippen molar-refractivity contribution in [2.45, 2.75) is 5.72 Å². The van der Waals surface area contributed by atoms with E-state index in [1.165, 1.54) is 0 Å². The number of nitrogens with one attached hydrogen (secondary N) is 1. The first-order chi connectivity index (χ1) is 4.73. The molecule has 0 bridgehead atoms. The predicted octanol–water partition coefficient (Wildman–Crippen LogP) is -0.373. The number of thioether (sulfide) groups is 1. The Kier molecular flexibility index (Phi) is 0.984. The molecule has 0 aromatic carbocycles. The molecule has 6 heteroatoms. The van der Waals surface area contributed by atoms with Gasteiger partial charge in [0.05, 0.1) is 5.75 Å². The van der Waals surface area contributed by atoms with Crippen molar-refractivity contribution < 1.29 is 19.4 Å². The molecule has 0 aliphatic carbocycles. The van der Waals surface area contributed by atoms with Crippen molar-refractivity contribution in [1.82, 2.24) is 5.32 Å². The van der Waals surface area contributed by atoms with Crippen LogP contribution in [-0.4, -0.2) is 22.7 Å². The van der Waals surface area contributed by atoms with Crippen LogP contribution in [0.1, 0.15) is 0 Å². The molecule has 1 atom stereocenters. The zero-order valence-corrected chi connectivity index (χ0v) is 5.56. The van der Waals surface area contributed by atoms with Crippen LogP contribution in [0.15, 0.2) is 0 Å². The number of amides is 1. The van der Waals surface area contributed by atoms with Gasteiger partial charge in [-0.25, -0.2) is 4.79 Å². The second-order valence-corrected chi connectivity index (χ2v) is 2.93. The molecule has 10 heavy (non-hydrogen) atoms. The normalized spacial score (nSPS) is 37.2. The third-order valence-corrected chi connectivity index (χ3v) is 2.21. The zero-order valence-electron chi connectivity index (χ0n) is 4.75. The second kappa shape index (κ2) is 1.64. The number of carbonyl (C=O) groups excluding carboxylic acids is 2. The molecular weight excluding hydrogens is 158 g/mol. The van der Waals surface area contributed by atoms with E-state index in [0.717, 1.165) is 11.8 Å². The van der Waals surface area contributed by atoms with Crippen LogP contribution in [0, 0.1) is 0 Å². The van der Waals surface area contributed by atoms with Gasteiger partial charge in [-0.3, -0.25) is 9.68 Å². The van der Waals surface area contributed by atoms with E-state index >= 15 is 0 Å². The molecule has 0 aromatic heterocycles. The van der Waals surface area contributed by atoms with E-state index in [4.69, 9.17) is 0 Å². The number of hydrogen-bond donors (Lipinski definition) is 1. The van der Waals surface area contributed by atoms with E-state index in [9.17, 15) is 9.59 Å². The van der Waals surface area contributed by atoms with Gasteiger partial charge in [0.1, 0.15) is 0 Å². The van der Waals surface area contributed by atoms with Crippen molar-refractivity contribution >= 4 is 23.0 Å². The van der Waals surface area contributed by atoms with Gasteiger partial charge in [-0.2, -0.15) is 0 Å². The standard InChI is InChI=1S/C4H3NO4S/c6-2-4(9-8-2)1-10-3(7)5-4/h1H2,(H,5,7). The summed E-state index contributed by atoms with van der Waals surface area (Å²) in [5, 5.41) is 2.09. The van der Waals surface area contributed by atoms with Gasteiger partial charge in [-0.05, 0) is 0 Å². The molecule has 0 radical (unpaired) electrons. The first kappa shape index (κ1) is 5.99. The van der Waals surface area contributed by atoms with E-state index in [-0.39, 0.29) is 5.24 Å². The van der Waals surface area contributed by atoms with Crippen LogP contribution in [0.25, 0.3) is 0 Å². The van der Waals surface area contributed by atoms with E-state index in [1.807, 2.05) is 0 Å². The van der Waals surface area contributed by atoms with Gasteiger partial charge in [0, 0.05) is 0 Å². The fraction of sp³-hybridized carbons (Fsp3) is 0.500. The van der Waals surface area contributed by atoms with E-state index in [2.05, 4.69) is 15.1 Å². The Morgan fingerprint density at radius 1 is 1.60 bits per heavy atom. The largest absolute Gasteiger partial charge is 0.399 e. The molecule has 54 valence electrons. The zero-order chi connectivity index (χ0) is 7.19. The minimum atomic E-state index is -1.15. The van der Waals surface area contributed by atoms with E-state index < -0.39 is 11.7 Å². The third kappa shape index (κ3) is 0.572. The summed E-state index contributed by atoms with van der Waals surface area (Å²) in [6.45, 7) is 0. The number of carbonyl (C=O) groups is 2. The van der Waals surface area contributed by atoms with Crippen molar-refractivity contribution in [2.75, 3.05) is 5.75 Å². The Morgan fingerprint density at radius 2 is 2.40 bits per heavy atom. The molecule has 1 amide bonds. The molecule has 2 fully saturated rings. The van der Waals surface area contributed by atoms with Crippen molar-refractivity contribution in [1.29, 1.82) is 0 Å². The lowest BCUT2D eigenvalue weighted by Crippen LogP contribution is -2.61. The third-order valence-electron chi connectivity index (χ3n) is 1.30. The van der Waals surface area contributed by atoms with Gasteiger partial charge in [-0.15, -0.1) is 4.89 Å². The highest BCUT2D eigenvalue weighted by Gasteiger charge is 2.58. The summed E-state index contributed by atoms with van der Waals surface area (Å²) >= 11 is 1.01. The lowest BCUT2D eigenvalue weighted by atomic mass is 10.2. The summed E-state index contributed by atoms with van der Waals surface area (Å²) in [6.07, 6.45) is 0. The summed E-state index contributed by atoms with van der Waals surface area (Å²) in [4.78, 5) is 29.7. The maximum absolute atomic E-state index is 10.6. The van der Waals surface area contributed by atoms with Crippen LogP contribution in [0.3, 0.4) is 0 Å². The molecule has 2 aliphatic rings. The Labute approximate surface area is 60.0 Å². The Bertz CT molecular complexity index is 217. The van der Waals surface area contributed by atoms with Gasteiger partial charge in [-0.1, -0.05) is 11.8 Å². The maximum atomic E-state index is 10.6. The molecule has 2 heterocycles. The molecule has 0 saturated carbocycles. The van der Waals surface area contributed by atoms with Gasteiger partial charge in [0.15, 0.2) is 0 Å². The van der Waals surface area contributed by atoms with Gasteiger partial charge >= 0.3 is 5.97 Å². The highest BCUT2D eigenvalue weighted by atomic mass is 32.2. The van der Waals surface area contributed by atoms with Crippen LogP contribution in [-0.2, 0) is 14.6 Å². The summed E-state index contributed by atoms with van der Waals surface area (Å²) in [6, 6.07) is 0. The van der Waals surface area contributed by atoms with E-state index in [0.29, 0.717) is 5.75 Å². The summed E-state index contributed by atoms with van der Waals surface area (Å²) < 4.78 is 0. The van der Waals surface area contributed by atoms with Gasteiger partial charge < -0.3 is 5.32 Å². The number of hydrogen-bond acceptors (Lipinski definition) is 5. The quantitative estimate of drug-likeness (QED) is 0.491. The highest BCUT2D eigenvalue weighted by molar-refractivity contribution is 8.14. The summed E-state index contributed by atoms with van der Waals surface area (Å²) in [5.74, 6) is -0.226. The molecule has 5 nitrogen and oxygen atoms in total. The van der Waals surface area contributed by atoms with Crippen LogP contribution >= 0.6 is 11.8 Å². The fourth-order valence-corrected chi connectivity index (χ4v) is 1.54. The molecule has 1 N–H and O–H groups in total. The minimum absolute atomic E-state index is 0.253. The van der Waals surface area contributed by atoms with Crippen molar-refractivity contribution in [2.24, 2.45) is 0 Å². The van der Waals surface area contributed by atoms with Crippen LogP contribution in [0.2, 0.25) is 0 Å². The smallest absolute Gasteiger partial charge is 0.305 e. The first-order valence-corrected chi connectivity index (χ1v) is 3.57. The minimum Gasteiger partial charge on any atom is -0.305 e. The molecule has 2 saturated heterocycles. The second-order valence-electron chi connectivity index (χ2n) is 1.98. The van der Waals surface area contributed by atoms with Crippen molar-refractivity contribution in [3.05, 3.63) is 0 Å². The van der Waals surface area contributed by atoms with Crippen LogP contribution in [0.5, 0.6) is 0 Å².